The van der Waals surface area contributed by atoms with E-state index in [2.05, 4.69) is 12.2 Å². The van der Waals surface area contributed by atoms with Crippen molar-refractivity contribution >= 4 is 0 Å². The van der Waals surface area contributed by atoms with Crippen LogP contribution in [-0.4, -0.2) is 39.0 Å². The largest absolute Gasteiger partial charge is 0.385 e. The molecule has 2 rings (SSSR count). The third-order valence-electron chi connectivity index (χ3n) is 4.04. The van der Waals surface area contributed by atoms with Crippen LogP contribution < -0.4 is 5.32 Å². The molecule has 0 radical (unpaired) electrons. The Labute approximate surface area is 98.9 Å². The van der Waals surface area contributed by atoms with Gasteiger partial charge >= 0.3 is 0 Å². The first-order valence-corrected chi connectivity index (χ1v) is 6.58. The second kappa shape index (κ2) is 5.48. The second-order valence-corrected chi connectivity index (χ2v) is 5.53. The van der Waals surface area contributed by atoms with Crippen LogP contribution in [0.2, 0.25) is 0 Å². The molecule has 0 bridgehead atoms. The first-order valence-electron chi connectivity index (χ1n) is 6.58. The van der Waals surface area contributed by atoms with Crippen LogP contribution in [0.4, 0.5) is 0 Å². The highest BCUT2D eigenvalue weighted by Gasteiger charge is 2.42. The SMILES string of the molecule is COCCC1(CNC2CCOC(C)C2)CC1. The normalized spacial score (nSPS) is 32.6. The van der Waals surface area contributed by atoms with Crippen LogP contribution in [0.1, 0.15) is 39.0 Å². The van der Waals surface area contributed by atoms with Crippen molar-refractivity contribution in [2.24, 2.45) is 5.41 Å². The summed E-state index contributed by atoms with van der Waals surface area (Å²) in [6, 6.07) is 0.670. The number of ether oxygens (including phenoxy) is 2. The van der Waals surface area contributed by atoms with Gasteiger partial charge in [0.25, 0.3) is 0 Å². The molecule has 2 atom stereocenters. The lowest BCUT2D eigenvalue weighted by Crippen LogP contribution is -2.40. The van der Waals surface area contributed by atoms with Crippen LogP contribution >= 0.6 is 0 Å². The average molecular weight is 227 g/mol. The van der Waals surface area contributed by atoms with Crippen LogP contribution in [0.5, 0.6) is 0 Å². The molecule has 2 aliphatic rings. The molecule has 1 heterocycles. The van der Waals surface area contributed by atoms with E-state index in [9.17, 15) is 0 Å². The number of nitrogens with one attached hydrogen (secondary N) is 1. The maximum atomic E-state index is 5.56. The van der Waals surface area contributed by atoms with Gasteiger partial charge in [-0.15, -0.1) is 0 Å². The van der Waals surface area contributed by atoms with Crippen LogP contribution in [-0.2, 0) is 9.47 Å². The number of hydrogen-bond donors (Lipinski definition) is 1. The molecule has 1 saturated heterocycles. The highest BCUT2D eigenvalue weighted by atomic mass is 16.5. The van der Waals surface area contributed by atoms with Crippen LogP contribution in [0.25, 0.3) is 0 Å². The predicted molar refractivity (Wildman–Crippen MR) is 64.6 cm³/mol. The fourth-order valence-corrected chi connectivity index (χ4v) is 2.55. The highest BCUT2D eigenvalue weighted by molar-refractivity contribution is 4.95. The van der Waals surface area contributed by atoms with Gasteiger partial charge in [-0.05, 0) is 44.4 Å². The fourth-order valence-electron chi connectivity index (χ4n) is 2.55. The van der Waals surface area contributed by atoms with Gasteiger partial charge in [-0.25, -0.2) is 0 Å². The van der Waals surface area contributed by atoms with E-state index in [1.165, 1.54) is 38.6 Å². The maximum absolute atomic E-state index is 5.56. The number of methoxy groups -OCH3 is 1. The predicted octanol–water partition coefficient (Wildman–Crippen LogP) is 1.96. The lowest BCUT2D eigenvalue weighted by atomic mass is 10.00. The molecule has 2 fully saturated rings. The first-order chi connectivity index (χ1) is 7.74. The summed E-state index contributed by atoms with van der Waals surface area (Å²) in [6.07, 6.45) is 6.74. The molecule has 94 valence electrons. The summed E-state index contributed by atoms with van der Waals surface area (Å²) >= 11 is 0. The van der Waals surface area contributed by atoms with E-state index in [0.29, 0.717) is 17.6 Å². The van der Waals surface area contributed by atoms with Gasteiger partial charge in [-0.2, -0.15) is 0 Å². The van der Waals surface area contributed by atoms with Crippen LogP contribution in [0.3, 0.4) is 0 Å². The summed E-state index contributed by atoms with van der Waals surface area (Å²) in [7, 11) is 1.80. The molecule has 3 nitrogen and oxygen atoms in total. The minimum absolute atomic E-state index is 0.431. The smallest absolute Gasteiger partial charge is 0.0561 e. The minimum Gasteiger partial charge on any atom is -0.385 e. The molecule has 1 aliphatic heterocycles. The Morgan fingerprint density at radius 2 is 2.25 bits per heavy atom. The molecule has 1 aliphatic carbocycles. The Morgan fingerprint density at radius 3 is 2.88 bits per heavy atom. The Kier molecular flexibility index (Phi) is 4.22. The average Bonchev–Trinajstić information content (AvgIpc) is 3.05. The Morgan fingerprint density at radius 1 is 1.44 bits per heavy atom. The summed E-state index contributed by atoms with van der Waals surface area (Å²) in [5.41, 5.74) is 0.567. The van der Waals surface area contributed by atoms with E-state index >= 15 is 0 Å². The molecule has 0 amide bonds. The Balaban J connectivity index is 1.66. The summed E-state index contributed by atoms with van der Waals surface area (Å²) < 4.78 is 10.7. The van der Waals surface area contributed by atoms with Gasteiger partial charge in [0.2, 0.25) is 0 Å². The number of hydrogen-bond acceptors (Lipinski definition) is 3. The van der Waals surface area contributed by atoms with Crippen molar-refractivity contribution < 1.29 is 9.47 Å². The molecule has 0 aromatic carbocycles. The van der Waals surface area contributed by atoms with Gasteiger partial charge in [0.05, 0.1) is 6.10 Å². The Hall–Kier alpha value is -0.120. The third-order valence-corrected chi connectivity index (χ3v) is 4.04. The molecule has 3 heteroatoms. The first kappa shape index (κ1) is 12.3. The maximum Gasteiger partial charge on any atom is 0.0561 e. The van der Waals surface area contributed by atoms with Gasteiger partial charge in [-0.3, -0.25) is 0 Å². The molecule has 0 spiro atoms. The van der Waals surface area contributed by atoms with Crippen LogP contribution in [0, 0.1) is 5.41 Å². The molecule has 0 aromatic rings. The van der Waals surface area contributed by atoms with Gasteiger partial charge in [0.15, 0.2) is 0 Å². The van der Waals surface area contributed by atoms with Crippen LogP contribution in [0.15, 0.2) is 0 Å². The molecule has 0 aromatic heterocycles. The van der Waals surface area contributed by atoms with Gasteiger partial charge in [-0.1, -0.05) is 0 Å². The van der Waals surface area contributed by atoms with E-state index in [4.69, 9.17) is 9.47 Å². The van der Waals surface area contributed by atoms with Crippen molar-refractivity contribution in [1.82, 2.24) is 5.32 Å². The standard InChI is InChI=1S/C13H25NO2/c1-11-9-12(3-7-16-11)14-10-13(4-5-13)6-8-15-2/h11-12,14H,3-10H2,1-2H3. The van der Waals surface area contributed by atoms with E-state index in [0.717, 1.165) is 13.2 Å². The molecule has 1 N–H and O–H groups in total. The minimum atomic E-state index is 0.431. The van der Waals surface area contributed by atoms with Crippen molar-refractivity contribution in [2.75, 3.05) is 26.9 Å². The summed E-state index contributed by atoms with van der Waals surface area (Å²) in [5, 5.41) is 3.73. The highest BCUT2D eigenvalue weighted by Crippen LogP contribution is 2.48. The zero-order valence-electron chi connectivity index (χ0n) is 10.6. The lowest BCUT2D eigenvalue weighted by molar-refractivity contribution is 0.0122. The van der Waals surface area contributed by atoms with Gasteiger partial charge in [0.1, 0.15) is 0 Å². The van der Waals surface area contributed by atoms with E-state index in [-0.39, 0.29) is 0 Å². The fraction of sp³-hybridized carbons (Fsp3) is 1.00. The van der Waals surface area contributed by atoms with E-state index in [1.807, 2.05) is 0 Å². The van der Waals surface area contributed by atoms with E-state index in [1.54, 1.807) is 7.11 Å². The summed E-state index contributed by atoms with van der Waals surface area (Å²) in [4.78, 5) is 0. The summed E-state index contributed by atoms with van der Waals surface area (Å²) in [6.45, 7) is 5.18. The quantitative estimate of drug-likeness (QED) is 0.752. The molecule has 2 unspecified atom stereocenters. The van der Waals surface area contributed by atoms with Crippen molar-refractivity contribution in [1.29, 1.82) is 0 Å². The van der Waals surface area contributed by atoms with Crippen molar-refractivity contribution in [3.05, 3.63) is 0 Å². The van der Waals surface area contributed by atoms with Crippen molar-refractivity contribution in [3.63, 3.8) is 0 Å². The van der Waals surface area contributed by atoms with Gasteiger partial charge in [0, 0.05) is 32.9 Å². The second-order valence-electron chi connectivity index (χ2n) is 5.53. The van der Waals surface area contributed by atoms with Gasteiger partial charge < -0.3 is 14.8 Å². The third kappa shape index (κ3) is 3.44. The zero-order chi connectivity index (χ0) is 11.4. The molecular weight excluding hydrogens is 202 g/mol. The summed E-state index contributed by atoms with van der Waals surface area (Å²) in [5.74, 6) is 0. The molecule has 16 heavy (non-hydrogen) atoms. The van der Waals surface area contributed by atoms with E-state index < -0.39 is 0 Å². The topological polar surface area (TPSA) is 30.5 Å². The lowest BCUT2D eigenvalue weighted by Gasteiger charge is -2.29. The number of rotatable bonds is 6. The molecular formula is C13H25NO2. The molecule has 1 saturated carbocycles. The zero-order valence-corrected chi connectivity index (χ0v) is 10.6. The Bertz CT molecular complexity index is 216. The monoisotopic (exact) mass is 227 g/mol. The van der Waals surface area contributed by atoms with Crippen molar-refractivity contribution in [2.45, 2.75) is 51.2 Å². The van der Waals surface area contributed by atoms with Crippen molar-refractivity contribution in [3.8, 4) is 0 Å².